The van der Waals surface area contributed by atoms with Crippen molar-refractivity contribution in [2.45, 2.75) is 32.4 Å². The minimum absolute atomic E-state index is 0.170. The van der Waals surface area contributed by atoms with Gasteiger partial charge in [0.25, 0.3) is 0 Å². The maximum absolute atomic E-state index is 10.7. The van der Waals surface area contributed by atoms with Crippen LogP contribution in [-0.2, 0) is 15.9 Å². The first kappa shape index (κ1) is 18.3. The number of hydrogen-bond acceptors (Lipinski definition) is 5. The molecule has 1 aromatic carbocycles. The number of nitrogens with one attached hydrogen (secondary N) is 1. The summed E-state index contributed by atoms with van der Waals surface area (Å²) in [6.07, 6.45) is -0.998. The van der Waals surface area contributed by atoms with Crippen LogP contribution < -0.4 is 10.1 Å². The van der Waals surface area contributed by atoms with Gasteiger partial charge < -0.3 is 24.6 Å². The third-order valence-electron chi connectivity index (χ3n) is 2.98. The fourth-order valence-corrected chi connectivity index (χ4v) is 1.81. The Morgan fingerprint density at radius 1 is 1.27 bits per heavy atom. The van der Waals surface area contributed by atoms with Crippen LogP contribution in [0.25, 0.3) is 0 Å². The maximum atomic E-state index is 10.7. The van der Waals surface area contributed by atoms with Crippen molar-refractivity contribution in [1.82, 2.24) is 5.32 Å². The summed E-state index contributed by atoms with van der Waals surface area (Å²) in [5, 5.41) is 11.9. The molecule has 0 spiro atoms. The Hall–Kier alpha value is -1.79. The molecule has 0 aliphatic rings. The van der Waals surface area contributed by atoms with E-state index >= 15 is 0 Å². The lowest BCUT2D eigenvalue weighted by molar-refractivity contribution is 0.0291. The highest BCUT2D eigenvalue weighted by Gasteiger charge is 2.15. The molecule has 0 fully saturated rings. The van der Waals surface area contributed by atoms with E-state index in [1.807, 2.05) is 38.1 Å². The summed E-state index contributed by atoms with van der Waals surface area (Å²) < 4.78 is 15.4. The highest BCUT2D eigenvalue weighted by atomic mass is 16.7. The predicted molar refractivity (Wildman–Crippen MR) is 83.6 cm³/mol. The largest absolute Gasteiger partial charge is 0.506 e. The lowest BCUT2D eigenvalue weighted by Gasteiger charge is -2.19. The minimum atomic E-state index is -1.30. The number of carboxylic acid groups (broad SMARTS) is 1. The van der Waals surface area contributed by atoms with Crippen LogP contribution in [0.2, 0.25) is 0 Å². The Morgan fingerprint density at radius 3 is 2.50 bits per heavy atom. The van der Waals surface area contributed by atoms with Crippen LogP contribution in [0.5, 0.6) is 5.75 Å². The Morgan fingerprint density at radius 2 is 1.95 bits per heavy atom. The number of benzene rings is 1. The SMILES string of the molecule is COCCc1ccc(OCC(CNC(C)C)OC(=O)O)cc1. The van der Waals surface area contributed by atoms with E-state index in [0.717, 1.165) is 12.0 Å². The van der Waals surface area contributed by atoms with E-state index in [1.165, 1.54) is 0 Å². The summed E-state index contributed by atoms with van der Waals surface area (Å²) in [4.78, 5) is 10.7. The van der Waals surface area contributed by atoms with E-state index in [-0.39, 0.29) is 12.6 Å². The summed E-state index contributed by atoms with van der Waals surface area (Å²) in [5.74, 6) is 0.685. The zero-order chi connectivity index (χ0) is 16.4. The molecule has 0 amide bonds. The highest BCUT2D eigenvalue weighted by molar-refractivity contribution is 5.57. The zero-order valence-corrected chi connectivity index (χ0v) is 13.4. The molecule has 1 atom stereocenters. The number of hydrogen-bond donors (Lipinski definition) is 2. The molecule has 6 nitrogen and oxygen atoms in total. The first-order valence-electron chi connectivity index (χ1n) is 7.35. The maximum Gasteiger partial charge on any atom is 0.506 e. The Bertz CT molecular complexity index is 433. The molecule has 124 valence electrons. The average Bonchev–Trinajstić information content (AvgIpc) is 2.48. The molecule has 0 aliphatic heterocycles. The van der Waals surface area contributed by atoms with Crippen LogP contribution in [-0.4, -0.2) is 50.3 Å². The molecular weight excluding hydrogens is 286 g/mol. The molecule has 0 saturated carbocycles. The monoisotopic (exact) mass is 311 g/mol. The van der Waals surface area contributed by atoms with Gasteiger partial charge in [0.1, 0.15) is 12.4 Å². The van der Waals surface area contributed by atoms with Crippen molar-refractivity contribution in [2.75, 3.05) is 26.9 Å². The normalized spacial score (nSPS) is 12.2. The van der Waals surface area contributed by atoms with Gasteiger partial charge in [-0.25, -0.2) is 4.79 Å². The van der Waals surface area contributed by atoms with E-state index in [2.05, 4.69) is 5.32 Å². The van der Waals surface area contributed by atoms with E-state index in [1.54, 1.807) is 7.11 Å². The Kier molecular flexibility index (Phi) is 8.32. The van der Waals surface area contributed by atoms with E-state index < -0.39 is 12.3 Å². The number of ether oxygens (including phenoxy) is 3. The van der Waals surface area contributed by atoms with Crippen LogP contribution in [0.3, 0.4) is 0 Å². The lowest BCUT2D eigenvalue weighted by atomic mass is 10.1. The van der Waals surface area contributed by atoms with Crippen molar-refractivity contribution in [1.29, 1.82) is 0 Å². The summed E-state index contributed by atoms with van der Waals surface area (Å²) in [5.41, 5.74) is 1.16. The summed E-state index contributed by atoms with van der Waals surface area (Å²) in [6.45, 7) is 5.23. The van der Waals surface area contributed by atoms with Crippen LogP contribution >= 0.6 is 0 Å². The average molecular weight is 311 g/mol. The van der Waals surface area contributed by atoms with Crippen LogP contribution in [0.1, 0.15) is 19.4 Å². The first-order valence-corrected chi connectivity index (χ1v) is 7.35. The quantitative estimate of drug-likeness (QED) is 0.646. The van der Waals surface area contributed by atoms with Crippen molar-refractivity contribution in [3.05, 3.63) is 29.8 Å². The third-order valence-corrected chi connectivity index (χ3v) is 2.98. The molecule has 0 aromatic heterocycles. The number of rotatable bonds is 10. The molecule has 0 aliphatic carbocycles. The van der Waals surface area contributed by atoms with Crippen molar-refractivity contribution in [2.24, 2.45) is 0 Å². The van der Waals surface area contributed by atoms with Gasteiger partial charge in [-0.15, -0.1) is 0 Å². The number of methoxy groups -OCH3 is 1. The van der Waals surface area contributed by atoms with Crippen molar-refractivity contribution in [3.8, 4) is 5.75 Å². The van der Waals surface area contributed by atoms with Crippen LogP contribution in [0.15, 0.2) is 24.3 Å². The minimum Gasteiger partial charge on any atom is -0.490 e. The van der Waals surface area contributed by atoms with Gasteiger partial charge in [-0.1, -0.05) is 26.0 Å². The third kappa shape index (κ3) is 7.85. The van der Waals surface area contributed by atoms with E-state index in [9.17, 15) is 4.79 Å². The Balaban J connectivity index is 2.46. The summed E-state index contributed by atoms with van der Waals surface area (Å²) in [7, 11) is 1.67. The molecule has 2 N–H and O–H groups in total. The second kappa shape index (κ2) is 10.0. The van der Waals surface area contributed by atoms with Gasteiger partial charge in [0.05, 0.1) is 6.61 Å². The molecule has 0 saturated heterocycles. The molecule has 0 bridgehead atoms. The molecule has 1 rings (SSSR count). The second-order valence-electron chi connectivity index (χ2n) is 5.27. The number of carbonyl (C=O) groups is 1. The second-order valence-corrected chi connectivity index (χ2v) is 5.27. The van der Waals surface area contributed by atoms with Gasteiger partial charge in [-0.05, 0) is 24.1 Å². The van der Waals surface area contributed by atoms with Gasteiger partial charge >= 0.3 is 6.16 Å². The van der Waals surface area contributed by atoms with Gasteiger partial charge in [-0.2, -0.15) is 0 Å². The molecule has 6 heteroatoms. The standard InChI is InChI=1S/C16H25NO5/c1-12(2)17-10-15(22-16(18)19)11-21-14-6-4-13(5-7-14)8-9-20-3/h4-7,12,15,17H,8-11H2,1-3H3,(H,18,19). The summed E-state index contributed by atoms with van der Waals surface area (Å²) >= 11 is 0. The smallest absolute Gasteiger partial charge is 0.490 e. The molecule has 0 heterocycles. The van der Waals surface area contributed by atoms with Gasteiger partial charge in [-0.3, -0.25) is 0 Å². The van der Waals surface area contributed by atoms with Crippen molar-refractivity contribution in [3.63, 3.8) is 0 Å². The first-order chi connectivity index (χ1) is 10.5. The molecule has 1 unspecified atom stereocenters. The van der Waals surface area contributed by atoms with Gasteiger partial charge in [0.15, 0.2) is 6.10 Å². The molecule has 1 aromatic rings. The molecular formula is C16H25NO5. The van der Waals surface area contributed by atoms with Crippen LogP contribution in [0.4, 0.5) is 4.79 Å². The van der Waals surface area contributed by atoms with Crippen molar-refractivity contribution >= 4 is 6.16 Å². The summed E-state index contributed by atoms with van der Waals surface area (Å²) in [6, 6.07) is 7.90. The van der Waals surface area contributed by atoms with Crippen molar-refractivity contribution < 1.29 is 24.1 Å². The fourth-order valence-electron chi connectivity index (χ4n) is 1.81. The fraction of sp³-hybridized carbons (Fsp3) is 0.562. The topological polar surface area (TPSA) is 77.0 Å². The van der Waals surface area contributed by atoms with E-state index in [0.29, 0.717) is 18.9 Å². The van der Waals surface area contributed by atoms with Gasteiger partial charge in [0, 0.05) is 19.7 Å². The Labute approximate surface area is 131 Å². The zero-order valence-electron chi connectivity index (χ0n) is 13.4. The van der Waals surface area contributed by atoms with Crippen LogP contribution in [0, 0.1) is 0 Å². The van der Waals surface area contributed by atoms with E-state index in [4.69, 9.17) is 19.3 Å². The van der Waals surface area contributed by atoms with Gasteiger partial charge in [0.2, 0.25) is 0 Å². The lowest BCUT2D eigenvalue weighted by Crippen LogP contribution is -2.38. The predicted octanol–water partition coefficient (Wildman–Crippen LogP) is 2.32. The highest BCUT2D eigenvalue weighted by Crippen LogP contribution is 2.13. The molecule has 22 heavy (non-hydrogen) atoms. The molecule has 0 radical (unpaired) electrons.